The molecule has 0 bridgehead atoms. The Kier molecular flexibility index (Phi) is 2.96. The van der Waals surface area contributed by atoms with Gasteiger partial charge in [0, 0.05) is 19.1 Å². The second kappa shape index (κ2) is 3.53. The Morgan fingerprint density at radius 3 is 2.15 bits per heavy atom. The van der Waals surface area contributed by atoms with Gasteiger partial charge in [-0.2, -0.15) is 12.7 Å². The van der Waals surface area contributed by atoms with Gasteiger partial charge in [0.05, 0.1) is 0 Å². The molecule has 1 rings (SSSR count). The molecule has 0 aliphatic carbocycles. The van der Waals surface area contributed by atoms with Gasteiger partial charge < -0.3 is 4.90 Å². The topological polar surface area (TPSA) is 66.6 Å². The molecule has 6 heteroatoms. The van der Waals surface area contributed by atoms with Crippen molar-refractivity contribution in [2.75, 3.05) is 27.2 Å². The maximum absolute atomic E-state index is 11.0. The van der Waals surface area contributed by atoms with Crippen molar-refractivity contribution in [1.82, 2.24) is 9.21 Å². The van der Waals surface area contributed by atoms with Crippen molar-refractivity contribution in [2.24, 2.45) is 11.1 Å². The summed E-state index contributed by atoms with van der Waals surface area (Å²) in [6, 6.07) is 0.276. The van der Waals surface area contributed by atoms with E-state index in [0.717, 1.165) is 0 Å². The monoisotopic (exact) mass is 207 g/mol. The van der Waals surface area contributed by atoms with E-state index in [9.17, 15) is 8.42 Å². The van der Waals surface area contributed by atoms with Crippen LogP contribution in [0.1, 0.15) is 6.92 Å². The van der Waals surface area contributed by atoms with Crippen LogP contribution in [0.2, 0.25) is 0 Å². The molecule has 0 saturated carbocycles. The first-order valence-corrected chi connectivity index (χ1v) is 5.77. The van der Waals surface area contributed by atoms with Crippen molar-refractivity contribution < 1.29 is 8.42 Å². The van der Waals surface area contributed by atoms with Crippen LogP contribution in [-0.4, -0.2) is 50.8 Å². The fraction of sp³-hybridized carbons (Fsp3) is 1.00. The first-order valence-electron chi connectivity index (χ1n) is 4.26. The van der Waals surface area contributed by atoms with Crippen LogP contribution in [0.5, 0.6) is 0 Å². The van der Waals surface area contributed by atoms with Gasteiger partial charge in [0.1, 0.15) is 0 Å². The number of hydrogen-bond donors (Lipinski definition) is 1. The molecule has 1 heterocycles. The molecule has 78 valence electrons. The van der Waals surface area contributed by atoms with Gasteiger partial charge in [-0.1, -0.05) is 6.92 Å². The van der Waals surface area contributed by atoms with Crippen molar-refractivity contribution in [3.05, 3.63) is 0 Å². The Morgan fingerprint density at radius 1 is 1.38 bits per heavy atom. The summed E-state index contributed by atoms with van der Waals surface area (Å²) in [6.07, 6.45) is 0. The van der Waals surface area contributed by atoms with Crippen molar-refractivity contribution in [3.63, 3.8) is 0 Å². The molecular weight excluding hydrogens is 190 g/mol. The largest absolute Gasteiger partial charge is 0.305 e. The summed E-state index contributed by atoms with van der Waals surface area (Å²) in [4.78, 5) is 2.04. The van der Waals surface area contributed by atoms with Crippen LogP contribution in [0.3, 0.4) is 0 Å². The maximum Gasteiger partial charge on any atom is 0.276 e. The third kappa shape index (κ3) is 2.40. The smallest absolute Gasteiger partial charge is 0.276 e. The van der Waals surface area contributed by atoms with Crippen molar-refractivity contribution in [2.45, 2.75) is 13.0 Å². The van der Waals surface area contributed by atoms with E-state index in [2.05, 4.69) is 0 Å². The summed E-state index contributed by atoms with van der Waals surface area (Å²) in [5.74, 6) is 0.341. The quantitative estimate of drug-likeness (QED) is 0.636. The Morgan fingerprint density at radius 2 is 1.92 bits per heavy atom. The SMILES string of the molecule is CC1CN(S(N)(=O)=O)CC1N(C)C. The second-order valence-electron chi connectivity index (χ2n) is 3.87. The average molecular weight is 207 g/mol. The molecule has 2 atom stereocenters. The van der Waals surface area contributed by atoms with Crippen LogP contribution in [0.4, 0.5) is 0 Å². The number of rotatable bonds is 2. The van der Waals surface area contributed by atoms with E-state index in [1.54, 1.807) is 0 Å². The molecule has 1 fully saturated rings. The summed E-state index contributed by atoms with van der Waals surface area (Å²) in [7, 11) is 0.409. The normalized spacial score (nSPS) is 31.5. The predicted molar refractivity (Wildman–Crippen MR) is 51.3 cm³/mol. The minimum Gasteiger partial charge on any atom is -0.305 e. The molecular formula is C7H17N3O2S. The lowest BCUT2D eigenvalue weighted by molar-refractivity contribution is 0.263. The molecule has 0 amide bonds. The summed E-state index contributed by atoms with van der Waals surface area (Å²) in [6.45, 7) is 3.07. The van der Waals surface area contributed by atoms with Crippen LogP contribution in [0, 0.1) is 5.92 Å². The highest BCUT2D eigenvalue weighted by Crippen LogP contribution is 2.20. The first-order chi connectivity index (χ1) is 5.82. The molecule has 0 aromatic rings. The predicted octanol–water partition coefficient (Wildman–Crippen LogP) is -0.928. The molecule has 0 radical (unpaired) electrons. The van der Waals surface area contributed by atoms with E-state index in [0.29, 0.717) is 19.0 Å². The summed E-state index contributed by atoms with van der Waals surface area (Å²) >= 11 is 0. The lowest BCUT2D eigenvalue weighted by atomic mass is 10.1. The van der Waals surface area contributed by atoms with E-state index in [-0.39, 0.29) is 6.04 Å². The molecule has 2 unspecified atom stereocenters. The minimum absolute atomic E-state index is 0.276. The lowest BCUT2D eigenvalue weighted by Gasteiger charge is -2.22. The molecule has 1 aliphatic rings. The zero-order chi connectivity index (χ0) is 10.2. The lowest BCUT2D eigenvalue weighted by Crippen LogP contribution is -2.38. The highest BCUT2D eigenvalue weighted by atomic mass is 32.2. The number of nitrogens with zero attached hydrogens (tertiary/aromatic N) is 2. The van der Waals surface area contributed by atoms with Crippen LogP contribution < -0.4 is 5.14 Å². The Bertz CT molecular complexity index is 275. The highest BCUT2D eigenvalue weighted by Gasteiger charge is 2.35. The fourth-order valence-electron chi connectivity index (χ4n) is 1.79. The van der Waals surface area contributed by atoms with Gasteiger partial charge in [0.15, 0.2) is 0 Å². The standard InChI is InChI=1S/C7H17N3O2S/c1-6-4-10(13(8,11)12)5-7(6)9(2)3/h6-7H,4-5H2,1-3H3,(H2,8,11,12). The van der Waals surface area contributed by atoms with E-state index >= 15 is 0 Å². The zero-order valence-electron chi connectivity index (χ0n) is 8.27. The van der Waals surface area contributed by atoms with Crippen LogP contribution >= 0.6 is 0 Å². The number of hydrogen-bond acceptors (Lipinski definition) is 3. The van der Waals surface area contributed by atoms with Gasteiger partial charge in [0.2, 0.25) is 0 Å². The van der Waals surface area contributed by atoms with Gasteiger partial charge in [0.25, 0.3) is 10.2 Å². The van der Waals surface area contributed by atoms with Gasteiger partial charge in [-0.05, 0) is 20.0 Å². The highest BCUT2D eigenvalue weighted by molar-refractivity contribution is 7.86. The van der Waals surface area contributed by atoms with E-state index < -0.39 is 10.2 Å². The molecule has 2 N–H and O–H groups in total. The average Bonchev–Trinajstić information content (AvgIpc) is 2.29. The van der Waals surface area contributed by atoms with Crippen LogP contribution in [0.15, 0.2) is 0 Å². The van der Waals surface area contributed by atoms with Gasteiger partial charge in [-0.15, -0.1) is 0 Å². The third-order valence-corrected chi connectivity index (χ3v) is 3.58. The van der Waals surface area contributed by atoms with Crippen molar-refractivity contribution in [1.29, 1.82) is 0 Å². The third-order valence-electron chi connectivity index (χ3n) is 2.56. The van der Waals surface area contributed by atoms with Gasteiger partial charge in [-0.25, -0.2) is 5.14 Å². The van der Waals surface area contributed by atoms with E-state index in [4.69, 9.17) is 5.14 Å². The molecule has 0 aromatic carbocycles. The summed E-state index contributed by atoms with van der Waals surface area (Å²) < 4.78 is 23.4. The number of likely N-dealkylation sites (N-methyl/N-ethyl adjacent to an activating group) is 1. The second-order valence-corrected chi connectivity index (χ2v) is 5.42. The van der Waals surface area contributed by atoms with E-state index in [1.807, 2.05) is 25.9 Å². The molecule has 1 aliphatic heterocycles. The van der Waals surface area contributed by atoms with Crippen molar-refractivity contribution in [3.8, 4) is 0 Å². The minimum atomic E-state index is -3.50. The Labute approximate surface area is 79.7 Å². The van der Waals surface area contributed by atoms with Gasteiger partial charge >= 0.3 is 0 Å². The Balaban J connectivity index is 2.71. The maximum atomic E-state index is 11.0. The summed E-state index contributed by atoms with van der Waals surface area (Å²) in [5.41, 5.74) is 0. The van der Waals surface area contributed by atoms with Gasteiger partial charge in [-0.3, -0.25) is 0 Å². The van der Waals surface area contributed by atoms with E-state index in [1.165, 1.54) is 4.31 Å². The molecule has 0 spiro atoms. The van der Waals surface area contributed by atoms with Crippen LogP contribution in [-0.2, 0) is 10.2 Å². The van der Waals surface area contributed by atoms with Crippen molar-refractivity contribution >= 4 is 10.2 Å². The summed E-state index contributed by atoms with van der Waals surface area (Å²) in [5, 5.41) is 5.04. The molecule has 13 heavy (non-hydrogen) atoms. The molecule has 0 aromatic heterocycles. The molecule has 1 saturated heterocycles. The first kappa shape index (κ1) is 10.9. The molecule has 5 nitrogen and oxygen atoms in total. The Hall–Kier alpha value is -0.170. The number of nitrogens with two attached hydrogens (primary N) is 1. The fourth-order valence-corrected chi connectivity index (χ4v) is 2.59. The zero-order valence-corrected chi connectivity index (χ0v) is 9.08. The van der Waals surface area contributed by atoms with Crippen LogP contribution in [0.25, 0.3) is 0 Å².